The number of nitrogens with two attached hydrogens (primary N) is 1. The Morgan fingerprint density at radius 3 is 2.00 bits per heavy atom. The minimum atomic E-state index is -0.404. The standard InChI is InChI=1S/C17H29FN2O/c1-11(2)9-20(10-12(3)4)16-8-17(21-13(5)6)14(18)7-15(16)19/h7-8,11-13H,9-10,19H2,1-6H3. The summed E-state index contributed by atoms with van der Waals surface area (Å²) in [6.07, 6.45) is -0.0698. The number of halogens is 1. The van der Waals surface area contributed by atoms with Gasteiger partial charge < -0.3 is 15.4 Å². The van der Waals surface area contributed by atoms with Crippen molar-refractivity contribution in [3.8, 4) is 5.75 Å². The fraction of sp³-hybridized carbons (Fsp3) is 0.647. The summed E-state index contributed by atoms with van der Waals surface area (Å²) in [4.78, 5) is 2.22. The monoisotopic (exact) mass is 296 g/mol. The summed E-state index contributed by atoms with van der Waals surface area (Å²) < 4.78 is 19.5. The van der Waals surface area contributed by atoms with Gasteiger partial charge in [-0.2, -0.15) is 0 Å². The molecule has 0 amide bonds. The van der Waals surface area contributed by atoms with Gasteiger partial charge in [0.25, 0.3) is 0 Å². The predicted molar refractivity (Wildman–Crippen MR) is 88.5 cm³/mol. The molecule has 21 heavy (non-hydrogen) atoms. The molecule has 0 bridgehead atoms. The molecule has 0 saturated heterocycles. The second-order valence-corrected chi connectivity index (χ2v) is 6.70. The third kappa shape index (κ3) is 5.44. The maximum Gasteiger partial charge on any atom is 0.167 e. The van der Waals surface area contributed by atoms with Crippen LogP contribution >= 0.6 is 0 Å². The highest BCUT2D eigenvalue weighted by Gasteiger charge is 2.17. The molecule has 1 aromatic carbocycles. The average molecular weight is 296 g/mol. The van der Waals surface area contributed by atoms with E-state index >= 15 is 0 Å². The third-order valence-corrected chi connectivity index (χ3v) is 2.96. The largest absolute Gasteiger partial charge is 0.488 e. The quantitative estimate of drug-likeness (QED) is 0.762. The minimum absolute atomic E-state index is 0.0698. The van der Waals surface area contributed by atoms with Gasteiger partial charge in [0.2, 0.25) is 0 Å². The summed E-state index contributed by atoms with van der Waals surface area (Å²) in [6.45, 7) is 14.2. The summed E-state index contributed by atoms with van der Waals surface area (Å²) in [5.41, 5.74) is 7.36. The van der Waals surface area contributed by atoms with Crippen LogP contribution in [0, 0.1) is 17.7 Å². The molecule has 0 heterocycles. The SMILES string of the molecule is CC(C)CN(CC(C)C)c1cc(OC(C)C)c(F)cc1N. The van der Waals surface area contributed by atoms with E-state index in [-0.39, 0.29) is 11.9 Å². The van der Waals surface area contributed by atoms with Crippen molar-refractivity contribution >= 4 is 11.4 Å². The van der Waals surface area contributed by atoms with Crippen LogP contribution < -0.4 is 15.4 Å². The van der Waals surface area contributed by atoms with Crippen molar-refractivity contribution in [2.75, 3.05) is 23.7 Å². The van der Waals surface area contributed by atoms with Gasteiger partial charge in [0, 0.05) is 25.2 Å². The lowest BCUT2D eigenvalue weighted by atomic mass is 10.1. The molecule has 1 rings (SSSR count). The Labute approximate surface area is 128 Å². The second-order valence-electron chi connectivity index (χ2n) is 6.70. The number of rotatable bonds is 7. The first-order valence-corrected chi connectivity index (χ1v) is 7.71. The molecule has 120 valence electrons. The number of hydrogen-bond acceptors (Lipinski definition) is 3. The fourth-order valence-electron chi connectivity index (χ4n) is 2.33. The zero-order valence-electron chi connectivity index (χ0n) is 14.1. The van der Waals surface area contributed by atoms with Crippen molar-refractivity contribution in [2.45, 2.75) is 47.6 Å². The van der Waals surface area contributed by atoms with E-state index in [0.29, 0.717) is 17.5 Å². The zero-order chi connectivity index (χ0) is 16.2. The summed E-state index contributed by atoms with van der Waals surface area (Å²) in [5.74, 6) is 0.871. The van der Waals surface area contributed by atoms with Gasteiger partial charge in [-0.15, -0.1) is 0 Å². The van der Waals surface area contributed by atoms with E-state index in [9.17, 15) is 4.39 Å². The summed E-state index contributed by atoms with van der Waals surface area (Å²) >= 11 is 0. The summed E-state index contributed by atoms with van der Waals surface area (Å²) in [6, 6.07) is 3.09. The Morgan fingerprint density at radius 2 is 1.57 bits per heavy atom. The topological polar surface area (TPSA) is 38.5 Å². The third-order valence-electron chi connectivity index (χ3n) is 2.96. The number of benzene rings is 1. The molecule has 0 spiro atoms. The van der Waals surface area contributed by atoms with Crippen LogP contribution in [0.2, 0.25) is 0 Å². The molecule has 0 aliphatic carbocycles. The number of anilines is 2. The van der Waals surface area contributed by atoms with Gasteiger partial charge in [-0.1, -0.05) is 27.7 Å². The fourth-order valence-corrected chi connectivity index (χ4v) is 2.33. The van der Waals surface area contributed by atoms with Crippen LogP contribution in [-0.2, 0) is 0 Å². The molecule has 0 aliphatic heterocycles. The van der Waals surface area contributed by atoms with E-state index in [1.807, 2.05) is 13.8 Å². The lowest BCUT2D eigenvalue weighted by Crippen LogP contribution is -2.32. The van der Waals surface area contributed by atoms with E-state index in [2.05, 4.69) is 32.6 Å². The first kappa shape index (κ1) is 17.6. The molecule has 4 heteroatoms. The molecule has 3 nitrogen and oxygen atoms in total. The molecule has 0 fully saturated rings. The van der Waals surface area contributed by atoms with Crippen LogP contribution in [0.3, 0.4) is 0 Å². The number of nitrogen functional groups attached to an aromatic ring is 1. The van der Waals surface area contributed by atoms with E-state index < -0.39 is 5.82 Å². The first-order chi connectivity index (χ1) is 9.70. The van der Waals surface area contributed by atoms with Gasteiger partial charge in [-0.05, 0) is 25.7 Å². The van der Waals surface area contributed by atoms with E-state index in [0.717, 1.165) is 18.8 Å². The number of hydrogen-bond donors (Lipinski definition) is 1. The van der Waals surface area contributed by atoms with E-state index in [4.69, 9.17) is 10.5 Å². The second kappa shape index (κ2) is 7.53. The van der Waals surface area contributed by atoms with Crippen LogP contribution in [-0.4, -0.2) is 19.2 Å². The van der Waals surface area contributed by atoms with E-state index in [1.165, 1.54) is 6.07 Å². The lowest BCUT2D eigenvalue weighted by molar-refractivity contribution is 0.231. The van der Waals surface area contributed by atoms with E-state index in [1.54, 1.807) is 6.07 Å². The molecule has 1 aromatic rings. The highest BCUT2D eigenvalue weighted by molar-refractivity contribution is 5.70. The Balaban J connectivity index is 3.16. The molecule has 0 aliphatic rings. The van der Waals surface area contributed by atoms with Crippen molar-refractivity contribution in [1.82, 2.24) is 0 Å². The molecular weight excluding hydrogens is 267 g/mol. The van der Waals surface area contributed by atoms with Crippen LogP contribution in [0.15, 0.2) is 12.1 Å². The van der Waals surface area contributed by atoms with Crippen molar-refractivity contribution < 1.29 is 9.13 Å². The van der Waals surface area contributed by atoms with Crippen molar-refractivity contribution in [1.29, 1.82) is 0 Å². The van der Waals surface area contributed by atoms with Crippen molar-refractivity contribution in [3.63, 3.8) is 0 Å². The zero-order valence-corrected chi connectivity index (χ0v) is 14.1. The number of nitrogens with zero attached hydrogens (tertiary/aromatic N) is 1. The molecule has 0 radical (unpaired) electrons. The van der Waals surface area contributed by atoms with Gasteiger partial charge in [0.15, 0.2) is 11.6 Å². The van der Waals surface area contributed by atoms with Gasteiger partial charge in [0.1, 0.15) is 0 Å². The Bertz CT molecular complexity index is 448. The summed E-state index contributed by atoms with van der Waals surface area (Å²) in [5, 5.41) is 0. The van der Waals surface area contributed by atoms with Crippen molar-refractivity contribution in [3.05, 3.63) is 17.9 Å². The Morgan fingerprint density at radius 1 is 1.05 bits per heavy atom. The Hall–Kier alpha value is -1.45. The van der Waals surface area contributed by atoms with Crippen LogP contribution in [0.5, 0.6) is 5.75 Å². The number of ether oxygens (including phenoxy) is 1. The smallest absolute Gasteiger partial charge is 0.167 e. The minimum Gasteiger partial charge on any atom is -0.488 e. The molecule has 0 saturated carbocycles. The Kier molecular flexibility index (Phi) is 6.31. The maximum absolute atomic E-state index is 14.0. The molecule has 0 unspecified atom stereocenters. The van der Waals surface area contributed by atoms with Crippen LogP contribution in [0.1, 0.15) is 41.5 Å². The van der Waals surface area contributed by atoms with Gasteiger partial charge in [0.05, 0.1) is 17.5 Å². The van der Waals surface area contributed by atoms with Gasteiger partial charge >= 0.3 is 0 Å². The van der Waals surface area contributed by atoms with Crippen molar-refractivity contribution in [2.24, 2.45) is 11.8 Å². The van der Waals surface area contributed by atoms with Crippen LogP contribution in [0.25, 0.3) is 0 Å². The molecule has 0 atom stereocenters. The van der Waals surface area contributed by atoms with Gasteiger partial charge in [-0.25, -0.2) is 4.39 Å². The van der Waals surface area contributed by atoms with Crippen LogP contribution in [0.4, 0.5) is 15.8 Å². The molecule has 2 N–H and O–H groups in total. The first-order valence-electron chi connectivity index (χ1n) is 7.71. The normalized spacial score (nSPS) is 11.5. The maximum atomic E-state index is 14.0. The highest BCUT2D eigenvalue weighted by atomic mass is 19.1. The summed E-state index contributed by atoms with van der Waals surface area (Å²) in [7, 11) is 0. The van der Waals surface area contributed by atoms with Gasteiger partial charge in [-0.3, -0.25) is 0 Å². The molecular formula is C17H29FN2O. The lowest BCUT2D eigenvalue weighted by Gasteiger charge is -2.30. The predicted octanol–water partition coefficient (Wildman–Crippen LogP) is 4.31. The highest BCUT2D eigenvalue weighted by Crippen LogP contribution is 2.32. The molecule has 0 aromatic heterocycles. The average Bonchev–Trinajstić information content (AvgIpc) is 2.30.